The number of nitrogens with zero attached hydrogens (tertiary/aromatic N) is 1. The number of aliphatic hydroxyl groups is 1. The molecule has 5 heteroatoms. The van der Waals surface area contributed by atoms with Gasteiger partial charge in [0.05, 0.1) is 23.4 Å². The van der Waals surface area contributed by atoms with Gasteiger partial charge in [0.15, 0.2) is 0 Å². The number of aryl methyl sites for hydroxylation is 1. The van der Waals surface area contributed by atoms with Gasteiger partial charge in [0.25, 0.3) is 0 Å². The largest absolute Gasteiger partial charge is 0.394 e. The van der Waals surface area contributed by atoms with Crippen molar-refractivity contribution in [1.82, 2.24) is 10.3 Å². The molecule has 0 radical (unpaired) electrons. The molecule has 0 aromatic carbocycles. The molecular weight excluding hydrogens is 248 g/mol. The van der Waals surface area contributed by atoms with E-state index in [2.05, 4.69) is 24.1 Å². The van der Waals surface area contributed by atoms with Crippen LogP contribution in [-0.4, -0.2) is 28.6 Å². The second kappa shape index (κ2) is 7.28. The maximum absolute atomic E-state index is 11.6. The molecule has 1 heterocycles. The van der Waals surface area contributed by atoms with E-state index in [1.807, 2.05) is 12.3 Å². The Hall–Kier alpha value is -1.20. The van der Waals surface area contributed by atoms with E-state index >= 15 is 0 Å². The lowest BCUT2D eigenvalue weighted by atomic mass is 10.0. The smallest absolute Gasteiger partial charge is 0.244 e. The van der Waals surface area contributed by atoms with Crippen molar-refractivity contribution in [2.75, 3.05) is 6.61 Å². The van der Waals surface area contributed by atoms with E-state index in [0.29, 0.717) is 5.92 Å². The monoisotopic (exact) mass is 268 g/mol. The Morgan fingerprint density at radius 1 is 1.61 bits per heavy atom. The Morgan fingerprint density at radius 2 is 2.33 bits per heavy atom. The van der Waals surface area contributed by atoms with Gasteiger partial charge in [-0.25, -0.2) is 4.98 Å². The molecule has 1 aromatic heterocycles. The summed E-state index contributed by atoms with van der Waals surface area (Å²) >= 11 is 1.55. The van der Waals surface area contributed by atoms with Crippen LogP contribution in [0, 0.1) is 12.8 Å². The van der Waals surface area contributed by atoms with Crippen LogP contribution in [0.2, 0.25) is 0 Å². The summed E-state index contributed by atoms with van der Waals surface area (Å²) < 4.78 is 0. The standard InChI is InChI=1S/C13H20N2O2S/c1-9(2)6-12(7-16)15-13(17)5-4-11-8-18-10(3)14-11/h4-5,8-9,12,16H,6-7H2,1-3H3,(H,15,17)/b5-4+. The lowest BCUT2D eigenvalue weighted by Gasteiger charge is -2.16. The van der Waals surface area contributed by atoms with Crippen molar-refractivity contribution < 1.29 is 9.90 Å². The second-order valence-electron chi connectivity index (χ2n) is 4.64. The first-order valence-electron chi connectivity index (χ1n) is 6.02. The normalized spacial score (nSPS) is 13.2. The van der Waals surface area contributed by atoms with Crippen LogP contribution in [0.15, 0.2) is 11.5 Å². The molecule has 18 heavy (non-hydrogen) atoms. The van der Waals surface area contributed by atoms with Crippen LogP contribution >= 0.6 is 11.3 Å². The van der Waals surface area contributed by atoms with E-state index in [0.717, 1.165) is 17.1 Å². The molecule has 1 atom stereocenters. The van der Waals surface area contributed by atoms with Crippen LogP contribution < -0.4 is 5.32 Å². The molecule has 0 bridgehead atoms. The topological polar surface area (TPSA) is 62.2 Å². The molecule has 1 rings (SSSR count). The van der Waals surface area contributed by atoms with Crippen molar-refractivity contribution in [3.8, 4) is 0 Å². The number of carbonyl (C=O) groups excluding carboxylic acids is 1. The zero-order valence-corrected chi connectivity index (χ0v) is 11.8. The third-order valence-electron chi connectivity index (χ3n) is 2.36. The molecule has 0 aliphatic rings. The molecular formula is C13H20N2O2S. The van der Waals surface area contributed by atoms with Crippen LogP contribution in [0.4, 0.5) is 0 Å². The lowest BCUT2D eigenvalue weighted by Crippen LogP contribution is -2.37. The van der Waals surface area contributed by atoms with Gasteiger partial charge in [-0.1, -0.05) is 13.8 Å². The molecule has 0 aliphatic heterocycles. The van der Waals surface area contributed by atoms with Gasteiger partial charge in [0, 0.05) is 11.5 Å². The van der Waals surface area contributed by atoms with Crippen LogP contribution in [0.1, 0.15) is 31.0 Å². The first-order valence-corrected chi connectivity index (χ1v) is 6.90. The molecule has 1 aromatic rings. The number of carbonyl (C=O) groups is 1. The Morgan fingerprint density at radius 3 is 2.83 bits per heavy atom. The van der Waals surface area contributed by atoms with Crippen molar-refractivity contribution in [2.24, 2.45) is 5.92 Å². The average molecular weight is 268 g/mol. The number of amides is 1. The Balaban J connectivity index is 2.47. The number of hydrogen-bond acceptors (Lipinski definition) is 4. The molecule has 100 valence electrons. The number of aliphatic hydroxyl groups excluding tert-OH is 1. The van der Waals surface area contributed by atoms with Gasteiger partial charge in [-0.05, 0) is 25.3 Å². The van der Waals surface area contributed by atoms with E-state index < -0.39 is 0 Å². The minimum atomic E-state index is -0.194. The van der Waals surface area contributed by atoms with Gasteiger partial charge in [0.2, 0.25) is 5.91 Å². The zero-order chi connectivity index (χ0) is 13.5. The predicted molar refractivity (Wildman–Crippen MR) is 74.4 cm³/mol. The van der Waals surface area contributed by atoms with Gasteiger partial charge in [-0.2, -0.15) is 0 Å². The molecule has 4 nitrogen and oxygen atoms in total. The third kappa shape index (κ3) is 5.42. The Kier molecular flexibility index (Phi) is 6.01. The second-order valence-corrected chi connectivity index (χ2v) is 5.70. The van der Waals surface area contributed by atoms with Crippen molar-refractivity contribution in [3.05, 3.63) is 22.2 Å². The quantitative estimate of drug-likeness (QED) is 0.776. The SMILES string of the molecule is Cc1nc(/C=C/C(=O)NC(CO)CC(C)C)cs1. The number of rotatable bonds is 6. The van der Waals surface area contributed by atoms with Crippen LogP contribution in [0.3, 0.4) is 0 Å². The summed E-state index contributed by atoms with van der Waals surface area (Å²) in [5.41, 5.74) is 0.789. The van der Waals surface area contributed by atoms with Crippen LogP contribution in [0.25, 0.3) is 6.08 Å². The third-order valence-corrected chi connectivity index (χ3v) is 3.16. The summed E-state index contributed by atoms with van der Waals surface area (Å²) in [5, 5.41) is 14.8. The van der Waals surface area contributed by atoms with E-state index in [4.69, 9.17) is 5.11 Å². The van der Waals surface area contributed by atoms with E-state index in [-0.39, 0.29) is 18.6 Å². The van der Waals surface area contributed by atoms with E-state index in [1.54, 1.807) is 17.4 Å². The van der Waals surface area contributed by atoms with Gasteiger partial charge in [-0.15, -0.1) is 11.3 Å². The van der Waals surface area contributed by atoms with E-state index in [9.17, 15) is 4.79 Å². The highest BCUT2D eigenvalue weighted by Gasteiger charge is 2.11. The van der Waals surface area contributed by atoms with Crippen LogP contribution in [0.5, 0.6) is 0 Å². The molecule has 0 saturated carbocycles. The molecule has 1 unspecified atom stereocenters. The lowest BCUT2D eigenvalue weighted by molar-refractivity contribution is -0.117. The molecule has 0 spiro atoms. The predicted octanol–water partition coefficient (Wildman–Crippen LogP) is 1.99. The Bertz CT molecular complexity index is 413. The Labute approximate surface area is 112 Å². The van der Waals surface area contributed by atoms with Crippen molar-refractivity contribution in [1.29, 1.82) is 0 Å². The minimum Gasteiger partial charge on any atom is -0.394 e. The maximum Gasteiger partial charge on any atom is 0.244 e. The fraction of sp³-hybridized carbons (Fsp3) is 0.538. The minimum absolute atomic E-state index is 0.0342. The molecule has 1 amide bonds. The first kappa shape index (κ1) is 14.9. The van der Waals surface area contributed by atoms with Gasteiger partial charge in [-0.3, -0.25) is 4.79 Å². The fourth-order valence-corrected chi connectivity index (χ4v) is 2.20. The summed E-state index contributed by atoms with van der Waals surface area (Å²) in [5.74, 6) is 0.243. The number of hydrogen-bond donors (Lipinski definition) is 2. The summed E-state index contributed by atoms with van der Waals surface area (Å²) in [7, 11) is 0. The van der Waals surface area contributed by atoms with Crippen LogP contribution in [-0.2, 0) is 4.79 Å². The summed E-state index contributed by atoms with van der Waals surface area (Å²) in [6.45, 7) is 6.01. The summed E-state index contributed by atoms with van der Waals surface area (Å²) in [6, 6.07) is -0.181. The molecule has 2 N–H and O–H groups in total. The van der Waals surface area contributed by atoms with Crippen molar-refractivity contribution in [2.45, 2.75) is 33.2 Å². The van der Waals surface area contributed by atoms with Gasteiger partial charge < -0.3 is 10.4 Å². The highest BCUT2D eigenvalue weighted by Crippen LogP contribution is 2.09. The fourth-order valence-electron chi connectivity index (χ4n) is 1.62. The van der Waals surface area contributed by atoms with E-state index in [1.165, 1.54) is 6.08 Å². The number of aromatic nitrogens is 1. The van der Waals surface area contributed by atoms with Crippen molar-refractivity contribution >= 4 is 23.3 Å². The van der Waals surface area contributed by atoms with Crippen molar-refractivity contribution in [3.63, 3.8) is 0 Å². The first-order chi connectivity index (χ1) is 8.51. The molecule has 0 aliphatic carbocycles. The molecule has 0 fully saturated rings. The molecule has 0 saturated heterocycles. The zero-order valence-electron chi connectivity index (χ0n) is 11.0. The maximum atomic E-state index is 11.6. The van der Waals surface area contributed by atoms with Gasteiger partial charge in [0.1, 0.15) is 0 Å². The highest BCUT2D eigenvalue weighted by molar-refractivity contribution is 7.09. The highest BCUT2D eigenvalue weighted by atomic mass is 32.1. The number of thiazole rings is 1. The summed E-state index contributed by atoms with van der Waals surface area (Å²) in [4.78, 5) is 15.9. The van der Waals surface area contributed by atoms with Gasteiger partial charge >= 0.3 is 0 Å². The average Bonchev–Trinajstić information content (AvgIpc) is 2.71. The summed E-state index contributed by atoms with van der Waals surface area (Å²) in [6.07, 6.45) is 3.91. The number of nitrogens with one attached hydrogen (secondary N) is 1.